The first-order valence-corrected chi connectivity index (χ1v) is 8.81. The smallest absolute Gasteiger partial charge is 0.212 e. The Balaban J connectivity index is 2.49. The lowest BCUT2D eigenvalue weighted by atomic mass is 10.00. The van der Waals surface area contributed by atoms with Crippen LogP contribution in [0.4, 0.5) is 0 Å². The van der Waals surface area contributed by atoms with Gasteiger partial charge in [0.15, 0.2) is 0 Å². The second kappa shape index (κ2) is 7.76. The van der Waals surface area contributed by atoms with E-state index in [1.54, 1.807) is 6.92 Å². The van der Waals surface area contributed by atoms with Crippen LogP contribution < -0.4 is 10.0 Å². The minimum absolute atomic E-state index is 0.106. The van der Waals surface area contributed by atoms with Crippen LogP contribution in [0.5, 0.6) is 0 Å². The van der Waals surface area contributed by atoms with Gasteiger partial charge in [0, 0.05) is 19.1 Å². The predicted octanol–water partition coefficient (Wildman–Crippen LogP) is 2.40. The van der Waals surface area contributed by atoms with E-state index in [1.807, 2.05) is 6.92 Å². The van der Waals surface area contributed by atoms with Crippen molar-refractivity contribution >= 4 is 10.0 Å². The van der Waals surface area contributed by atoms with Crippen molar-refractivity contribution in [1.82, 2.24) is 10.0 Å². The summed E-state index contributed by atoms with van der Waals surface area (Å²) in [6, 6.07) is 8.62. The molecule has 0 amide bonds. The van der Waals surface area contributed by atoms with Crippen molar-refractivity contribution in [3.05, 3.63) is 35.4 Å². The number of hydrogen-bond acceptors (Lipinski definition) is 3. The minimum Gasteiger partial charge on any atom is -0.309 e. The predicted molar refractivity (Wildman–Crippen MR) is 84.4 cm³/mol. The fourth-order valence-corrected chi connectivity index (χ4v) is 2.96. The molecule has 0 aliphatic heterocycles. The molecule has 5 heteroatoms. The van der Waals surface area contributed by atoms with Crippen molar-refractivity contribution in [1.29, 1.82) is 0 Å². The third-order valence-corrected chi connectivity index (χ3v) is 4.76. The SMILES string of the molecule is CCNS(=O)(=O)CCNC(C)c1ccc(C(C)C)cc1. The molecule has 1 atom stereocenters. The largest absolute Gasteiger partial charge is 0.309 e. The second-order valence-electron chi connectivity index (χ2n) is 5.31. The zero-order valence-corrected chi connectivity index (χ0v) is 13.6. The maximum atomic E-state index is 11.5. The molecule has 0 aliphatic carbocycles. The van der Waals surface area contributed by atoms with E-state index in [1.165, 1.54) is 11.1 Å². The average Bonchev–Trinajstić information content (AvgIpc) is 2.38. The zero-order valence-electron chi connectivity index (χ0n) is 12.8. The number of nitrogens with one attached hydrogen (secondary N) is 2. The molecule has 4 nitrogen and oxygen atoms in total. The normalized spacial score (nSPS) is 13.7. The Morgan fingerprint density at radius 1 is 1.05 bits per heavy atom. The third kappa shape index (κ3) is 5.61. The van der Waals surface area contributed by atoms with E-state index in [2.05, 4.69) is 48.2 Å². The molecule has 0 aliphatic rings. The van der Waals surface area contributed by atoms with Crippen LogP contribution in [0.1, 0.15) is 50.8 Å². The molecule has 2 N–H and O–H groups in total. The fourth-order valence-electron chi connectivity index (χ4n) is 1.99. The fraction of sp³-hybridized carbons (Fsp3) is 0.600. The maximum absolute atomic E-state index is 11.5. The molecule has 0 fully saturated rings. The maximum Gasteiger partial charge on any atom is 0.212 e. The van der Waals surface area contributed by atoms with E-state index < -0.39 is 10.0 Å². The molecular formula is C15H26N2O2S. The van der Waals surface area contributed by atoms with Crippen LogP contribution in [-0.2, 0) is 10.0 Å². The Kier molecular flexibility index (Phi) is 6.65. The Bertz CT molecular complexity index is 495. The first kappa shape index (κ1) is 17.1. The van der Waals surface area contributed by atoms with Crippen LogP contribution in [-0.4, -0.2) is 27.3 Å². The molecule has 1 aromatic carbocycles. The molecule has 0 saturated heterocycles. The highest BCUT2D eigenvalue weighted by atomic mass is 32.2. The van der Waals surface area contributed by atoms with Gasteiger partial charge in [-0.3, -0.25) is 0 Å². The molecule has 1 rings (SSSR count). The van der Waals surface area contributed by atoms with E-state index in [9.17, 15) is 8.42 Å². The van der Waals surface area contributed by atoms with Crippen molar-refractivity contribution in [2.45, 2.75) is 39.7 Å². The van der Waals surface area contributed by atoms with Gasteiger partial charge in [0.25, 0.3) is 0 Å². The summed E-state index contributed by atoms with van der Waals surface area (Å²) in [7, 11) is -3.14. The van der Waals surface area contributed by atoms with Gasteiger partial charge in [0.2, 0.25) is 10.0 Å². The van der Waals surface area contributed by atoms with Crippen molar-refractivity contribution in [2.24, 2.45) is 0 Å². The summed E-state index contributed by atoms with van der Waals surface area (Å²) in [4.78, 5) is 0. The van der Waals surface area contributed by atoms with Crippen molar-refractivity contribution in [3.8, 4) is 0 Å². The molecular weight excluding hydrogens is 272 g/mol. The van der Waals surface area contributed by atoms with Gasteiger partial charge in [0.1, 0.15) is 0 Å². The molecule has 1 aromatic rings. The van der Waals surface area contributed by atoms with Crippen molar-refractivity contribution < 1.29 is 8.42 Å². The molecule has 20 heavy (non-hydrogen) atoms. The number of benzene rings is 1. The highest BCUT2D eigenvalue weighted by Gasteiger charge is 2.10. The minimum atomic E-state index is -3.14. The van der Waals surface area contributed by atoms with Gasteiger partial charge in [-0.15, -0.1) is 0 Å². The summed E-state index contributed by atoms with van der Waals surface area (Å²) in [5.74, 6) is 0.632. The van der Waals surface area contributed by atoms with Gasteiger partial charge in [-0.2, -0.15) is 0 Å². The van der Waals surface area contributed by atoms with E-state index in [0.29, 0.717) is 19.0 Å². The summed E-state index contributed by atoms with van der Waals surface area (Å²) < 4.78 is 25.5. The van der Waals surface area contributed by atoms with Crippen LogP contribution in [0.25, 0.3) is 0 Å². The standard InChI is InChI=1S/C15H26N2O2S/c1-5-17-20(18,19)11-10-16-13(4)15-8-6-14(7-9-15)12(2)3/h6-9,12-13,16-17H,5,10-11H2,1-4H3. The topological polar surface area (TPSA) is 58.2 Å². The Morgan fingerprint density at radius 2 is 1.60 bits per heavy atom. The van der Waals surface area contributed by atoms with Crippen LogP contribution in [0.2, 0.25) is 0 Å². The van der Waals surface area contributed by atoms with E-state index >= 15 is 0 Å². The molecule has 1 unspecified atom stereocenters. The summed E-state index contributed by atoms with van der Waals surface area (Å²) in [6.07, 6.45) is 0. The monoisotopic (exact) mass is 298 g/mol. The molecule has 0 saturated carbocycles. The van der Waals surface area contributed by atoms with Crippen molar-refractivity contribution in [2.75, 3.05) is 18.8 Å². The lowest BCUT2D eigenvalue weighted by molar-refractivity contribution is 0.564. The number of rotatable bonds is 8. The lowest BCUT2D eigenvalue weighted by Crippen LogP contribution is -2.32. The summed E-state index contributed by atoms with van der Waals surface area (Å²) in [6.45, 7) is 9.05. The van der Waals surface area contributed by atoms with Crippen LogP contribution in [0.15, 0.2) is 24.3 Å². The summed E-state index contributed by atoms with van der Waals surface area (Å²) in [5, 5.41) is 3.24. The van der Waals surface area contributed by atoms with Gasteiger partial charge in [-0.25, -0.2) is 13.1 Å². The Morgan fingerprint density at radius 3 is 2.10 bits per heavy atom. The highest BCUT2D eigenvalue weighted by Crippen LogP contribution is 2.18. The summed E-state index contributed by atoms with van der Waals surface area (Å²) in [5.41, 5.74) is 2.49. The third-order valence-electron chi connectivity index (χ3n) is 3.29. The molecule has 114 valence electrons. The van der Waals surface area contributed by atoms with Gasteiger partial charge in [0.05, 0.1) is 5.75 Å². The Hall–Kier alpha value is -0.910. The van der Waals surface area contributed by atoms with Crippen LogP contribution in [0.3, 0.4) is 0 Å². The van der Waals surface area contributed by atoms with Gasteiger partial charge in [-0.05, 0) is 24.0 Å². The quantitative estimate of drug-likeness (QED) is 0.775. The van der Waals surface area contributed by atoms with E-state index in [-0.39, 0.29) is 11.8 Å². The number of sulfonamides is 1. The second-order valence-corrected chi connectivity index (χ2v) is 7.24. The first-order chi connectivity index (χ1) is 9.35. The van der Waals surface area contributed by atoms with Gasteiger partial charge >= 0.3 is 0 Å². The van der Waals surface area contributed by atoms with Crippen LogP contribution >= 0.6 is 0 Å². The molecule has 0 radical (unpaired) electrons. The van der Waals surface area contributed by atoms with E-state index in [4.69, 9.17) is 0 Å². The molecule has 0 aromatic heterocycles. The lowest BCUT2D eigenvalue weighted by Gasteiger charge is -2.15. The number of hydrogen-bond donors (Lipinski definition) is 2. The molecule has 0 bridgehead atoms. The first-order valence-electron chi connectivity index (χ1n) is 7.16. The van der Waals surface area contributed by atoms with Gasteiger partial charge < -0.3 is 5.32 Å². The zero-order chi connectivity index (χ0) is 15.2. The highest BCUT2D eigenvalue weighted by molar-refractivity contribution is 7.89. The average molecular weight is 298 g/mol. The molecule has 0 heterocycles. The molecule has 0 spiro atoms. The van der Waals surface area contributed by atoms with Crippen molar-refractivity contribution in [3.63, 3.8) is 0 Å². The van der Waals surface area contributed by atoms with Crippen LogP contribution in [0, 0.1) is 0 Å². The van der Waals surface area contributed by atoms with Gasteiger partial charge in [-0.1, -0.05) is 45.0 Å². The Labute approximate surface area is 123 Å². The summed E-state index contributed by atoms with van der Waals surface area (Å²) >= 11 is 0. The van der Waals surface area contributed by atoms with E-state index in [0.717, 1.165) is 0 Å².